The number of ether oxygens (including phenoxy) is 1. The maximum Gasteiger partial charge on any atom is 0.322 e. The Labute approximate surface area is 131 Å². The Balaban J connectivity index is 1.76. The average Bonchev–Trinajstić information content (AvgIpc) is 2.94. The molecule has 1 aliphatic rings. The SMILES string of the molecule is Cc1nc(C2COCCN2C(=O)Nc2cncc(Cl)c2)no1. The number of aryl methyl sites for hydroxylation is 1. The van der Waals surface area contributed by atoms with Crippen molar-refractivity contribution in [3.05, 3.63) is 35.2 Å². The Morgan fingerprint density at radius 1 is 1.50 bits per heavy atom. The third-order valence-electron chi connectivity index (χ3n) is 3.19. The number of amides is 2. The second-order valence-corrected chi connectivity index (χ2v) is 5.21. The van der Waals surface area contributed by atoms with Crippen molar-refractivity contribution in [3.8, 4) is 0 Å². The number of nitrogens with one attached hydrogen (secondary N) is 1. The molecule has 0 bridgehead atoms. The molecule has 1 unspecified atom stereocenters. The van der Waals surface area contributed by atoms with Crippen LogP contribution in [0.15, 0.2) is 23.0 Å². The molecule has 0 radical (unpaired) electrons. The molecule has 0 aromatic carbocycles. The molecule has 1 atom stereocenters. The monoisotopic (exact) mass is 323 g/mol. The summed E-state index contributed by atoms with van der Waals surface area (Å²) in [5, 5.41) is 7.08. The van der Waals surface area contributed by atoms with Gasteiger partial charge in [0, 0.05) is 19.7 Å². The molecule has 8 nitrogen and oxygen atoms in total. The van der Waals surface area contributed by atoms with Gasteiger partial charge in [-0.25, -0.2) is 4.79 Å². The summed E-state index contributed by atoms with van der Waals surface area (Å²) in [6.07, 6.45) is 3.02. The number of morpholine rings is 1. The van der Waals surface area contributed by atoms with Gasteiger partial charge in [0.2, 0.25) is 5.89 Å². The van der Waals surface area contributed by atoms with Gasteiger partial charge in [-0.2, -0.15) is 4.98 Å². The number of carbonyl (C=O) groups is 1. The normalized spacial score (nSPS) is 18.3. The van der Waals surface area contributed by atoms with Crippen LogP contribution in [0.5, 0.6) is 0 Å². The highest BCUT2D eigenvalue weighted by atomic mass is 35.5. The molecule has 1 N–H and O–H groups in total. The van der Waals surface area contributed by atoms with E-state index in [9.17, 15) is 4.79 Å². The Kier molecular flexibility index (Phi) is 4.21. The molecule has 9 heteroatoms. The Bertz CT molecular complexity index is 677. The number of aromatic nitrogens is 3. The van der Waals surface area contributed by atoms with Gasteiger partial charge in [0.1, 0.15) is 6.04 Å². The third kappa shape index (κ3) is 3.18. The minimum absolute atomic E-state index is 0.292. The zero-order chi connectivity index (χ0) is 15.5. The number of urea groups is 1. The van der Waals surface area contributed by atoms with E-state index in [1.165, 1.54) is 12.4 Å². The lowest BCUT2D eigenvalue weighted by Crippen LogP contribution is -2.45. The number of hydrogen-bond donors (Lipinski definition) is 1. The summed E-state index contributed by atoms with van der Waals surface area (Å²) in [4.78, 5) is 22.2. The predicted molar refractivity (Wildman–Crippen MR) is 77.6 cm³/mol. The van der Waals surface area contributed by atoms with Crippen molar-refractivity contribution in [2.75, 3.05) is 25.1 Å². The zero-order valence-electron chi connectivity index (χ0n) is 11.8. The molecule has 0 saturated carbocycles. The first-order chi connectivity index (χ1) is 10.6. The van der Waals surface area contributed by atoms with Gasteiger partial charge >= 0.3 is 6.03 Å². The van der Waals surface area contributed by atoms with Crippen LogP contribution in [0.25, 0.3) is 0 Å². The van der Waals surface area contributed by atoms with Gasteiger partial charge in [-0.15, -0.1) is 0 Å². The fourth-order valence-electron chi connectivity index (χ4n) is 2.19. The highest BCUT2D eigenvalue weighted by molar-refractivity contribution is 6.30. The fraction of sp³-hybridized carbons (Fsp3) is 0.385. The van der Waals surface area contributed by atoms with Gasteiger partial charge < -0.3 is 19.5 Å². The maximum absolute atomic E-state index is 12.5. The van der Waals surface area contributed by atoms with Crippen molar-refractivity contribution >= 4 is 23.3 Å². The van der Waals surface area contributed by atoms with E-state index in [0.29, 0.717) is 42.2 Å². The Morgan fingerprint density at radius 2 is 2.36 bits per heavy atom. The van der Waals surface area contributed by atoms with Gasteiger partial charge in [-0.1, -0.05) is 16.8 Å². The van der Waals surface area contributed by atoms with E-state index in [-0.39, 0.29) is 6.03 Å². The van der Waals surface area contributed by atoms with E-state index in [4.69, 9.17) is 20.9 Å². The number of nitrogens with zero attached hydrogens (tertiary/aromatic N) is 4. The summed E-state index contributed by atoms with van der Waals surface area (Å²) in [5.41, 5.74) is 0.520. The van der Waals surface area contributed by atoms with Crippen molar-refractivity contribution in [1.82, 2.24) is 20.0 Å². The first kappa shape index (κ1) is 14.7. The summed E-state index contributed by atoms with van der Waals surface area (Å²) in [7, 11) is 0. The smallest absolute Gasteiger partial charge is 0.322 e. The first-order valence-electron chi connectivity index (χ1n) is 6.69. The summed E-state index contributed by atoms with van der Waals surface area (Å²) in [6, 6.07) is 0.943. The minimum atomic E-state index is -0.390. The summed E-state index contributed by atoms with van der Waals surface area (Å²) in [6.45, 7) is 2.90. The molecule has 2 aromatic rings. The molecule has 2 aromatic heterocycles. The summed E-state index contributed by atoms with van der Waals surface area (Å²) < 4.78 is 10.4. The highest BCUT2D eigenvalue weighted by Gasteiger charge is 2.32. The van der Waals surface area contributed by atoms with E-state index in [1.807, 2.05) is 0 Å². The molecule has 116 valence electrons. The van der Waals surface area contributed by atoms with E-state index >= 15 is 0 Å². The van der Waals surface area contributed by atoms with Crippen LogP contribution in [-0.4, -0.2) is 45.8 Å². The molecule has 3 rings (SSSR count). The Hall–Kier alpha value is -2.19. The van der Waals surface area contributed by atoms with E-state index in [2.05, 4.69) is 20.4 Å². The lowest BCUT2D eigenvalue weighted by molar-refractivity contribution is 0.0110. The number of anilines is 1. The molecular weight excluding hydrogens is 310 g/mol. The minimum Gasteiger partial charge on any atom is -0.377 e. The molecule has 2 amide bonds. The van der Waals surface area contributed by atoms with Crippen LogP contribution in [-0.2, 0) is 4.74 Å². The maximum atomic E-state index is 12.5. The fourth-order valence-corrected chi connectivity index (χ4v) is 2.36. The van der Waals surface area contributed by atoms with Gasteiger partial charge in [-0.05, 0) is 6.07 Å². The predicted octanol–water partition coefficient (Wildman–Crippen LogP) is 2.03. The molecule has 0 aliphatic carbocycles. The van der Waals surface area contributed by atoms with Crippen molar-refractivity contribution in [1.29, 1.82) is 0 Å². The van der Waals surface area contributed by atoms with Gasteiger partial charge in [-0.3, -0.25) is 4.98 Å². The van der Waals surface area contributed by atoms with Crippen LogP contribution in [0, 0.1) is 6.92 Å². The summed E-state index contributed by atoms with van der Waals surface area (Å²) in [5.74, 6) is 0.872. The van der Waals surface area contributed by atoms with Crippen molar-refractivity contribution in [2.24, 2.45) is 0 Å². The number of carbonyl (C=O) groups excluding carboxylic acids is 1. The van der Waals surface area contributed by atoms with Crippen LogP contribution >= 0.6 is 11.6 Å². The molecule has 3 heterocycles. The van der Waals surface area contributed by atoms with Gasteiger partial charge in [0.05, 0.1) is 30.1 Å². The van der Waals surface area contributed by atoms with E-state index in [1.54, 1.807) is 17.9 Å². The van der Waals surface area contributed by atoms with Crippen molar-refractivity contribution in [3.63, 3.8) is 0 Å². The standard InChI is InChI=1S/C13H14ClN5O3/c1-8-16-12(18-22-8)11-7-21-3-2-19(11)13(20)17-10-4-9(14)5-15-6-10/h4-6,11H,2-3,7H2,1H3,(H,17,20). The molecule has 1 aliphatic heterocycles. The second kappa shape index (κ2) is 6.29. The Morgan fingerprint density at radius 3 is 3.09 bits per heavy atom. The number of hydrogen-bond acceptors (Lipinski definition) is 6. The topological polar surface area (TPSA) is 93.4 Å². The second-order valence-electron chi connectivity index (χ2n) is 4.78. The van der Waals surface area contributed by atoms with Crippen LogP contribution in [0.2, 0.25) is 5.02 Å². The highest BCUT2D eigenvalue weighted by Crippen LogP contribution is 2.23. The lowest BCUT2D eigenvalue weighted by atomic mass is 10.2. The zero-order valence-corrected chi connectivity index (χ0v) is 12.6. The van der Waals surface area contributed by atoms with E-state index < -0.39 is 6.04 Å². The van der Waals surface area contributed by atoms with Crippen LogP contribution in [0.4, 0.5) is 10.5 Å². The van der Waals surface area contributed by atoms with Gasteiger partial charge in [0.25, 0.3) is 0 Å². The largest absolute Gasteiger partial charge is 0.377 e. The molecule has 0 spiro atoms. The molecular formula is C13H14ClN5O3. The number of halogens is 1. The molecule has 22 heavy (non-hydrogen) atoms. The lowest BCUT2D eigenvalue weighted by Gasteiger charge is -2.33. The van der Waals surface area contributed by atoms with Crippen LogP contribution in [0.3, 0.4) is 0 Å². The van der Waals surface area contributed by atoms with Gasteiger partial charge in [0.15, 0.2) is 5.82 Å². The van der Waals surface area contributed by atoms with Crippen molar-refractivity contribution in [2.45, 2.75) is 13.0 Å². The van der Waals surface area contributed by atoms with Crippen LogP contribution in [0.1, 0.15) is 17.8 Å². The molecule has 1 fully saturated rings. The first-order valence-corrected chi connectivity index (χ1v) is 7.07. The third-order valence-corrected chi connectivity index (χ3v) is 3.39. The van der Waals surface area contributed by atoms with Crippen molar-refractivity contribution < 1.29 is 14.1 Å². The van der Waals surface area contributed by atoms with E-state index in [0.717, 1.165) is 0 Å². The molecule has 1 saturated heterocycles. The summed E-state index contributed by atoms with van der Waals surface area (Å²) >= 11 is 5.86. The number of pyridine rings is 1. The quantitative estimate of drug-likeness (QED) is 0.909. The van der Waals surface area contributed by atoms with Crippen LogP contribution < -0.4 is 5.32 Å². The average molecular weight is 324 g/mol. The number of rotatable bonds is 2.